The van der Waals surface area contributed by atoms with Crippen molar-refractivity contribution < 1.29 is 23.0 Å². The van der Waals surface area contributed by atoms with Gasteiger partial charge in [0.15, 0.2) is 11.6 Å². The molecule has 4 nitrogen and oxygen atoms in total. The summed E-state index contributed by atoms with van der Waals surface area (Å²) < 4.78 is 36.2. The van der Waals surface area contributed by atoms with Crippen LogP contribution in [0.15, 0.2) is 18.2 Å². The zero-order valence-corrected chi connectivity index (χ0v) is 11.8. The summed E-state index contributed by atoms with van der Waals surface area (Å²) in [5.74, 6) is -2.46. The van der Waals surface area contributed by atoms with Gasteiger partial charge in [-0.3, -0.25) is 4.79 Å². The van der Waals surface area contributed by atoms with Gasteiger partial charge in [0.05, 0.1) is 13.7 Å². The van der Waals surface area contributed by atoms with E-state index < -0.39 is 17.2 Å². The molecule has 0 saturated heterocycles. The van der Waals surface area contributed by atoms with Crippen LogP contribution >= 0.6 is 0 Å². The van der Waals surface area contributed by atoms with Crippen molar-refractivity contribution in [1.82, 2.24) is 5.32 Å². The molecule has 1 aromatic rings. The van der Waals surface area contributed by atoms with E-state index in [1.54, 1.807) is 14.0 Å². The Kier molecular flexibility index (Phi) is 5.88. The van der Waals surface area contributed by atoms with E-state index in [1.165, 1.54) is 19.2 Å². The Labute approximate surface area is 117 Å². The van der Waals surface area contributed by atoms with Crippen LogP contribution in [-0.2, 0) is 9.53 Å². The number of likely N-dealkylation sites (N-methyl/N-ethyl adjacent to an activating group) is 1. The van der Waals surface area contributed by atoms with Gasteiger partial charge in [0.2, 0.25) is 5.82 Å². The Bertz CT molecular complexity index is 468. The Morgan fingerprint density at radius 2 is 2.10 bits per heavy atom. The molecule has 1 N–H and O–H groups in total. The molecule has 0 heterocycles. The van der Waals surface area contributed by atoms with Crippen LogP contribution in [0.25, 0.3) is 0 Å². The molecule has 0 spiro atoms. The molecule has 1 aromatic carbocycles. The monoisotopic (exact) mass is 287 g/mol. The Balaban J connectivity index is 2.49. The number of benzene rings is 1. The lowest BCUT2D eigenvalue weighted by Crippen LogP contribution is -2.48. The van der Waals surface area contributed by atoms with Crippen molar-refractivity contribution >= 4 is 5.97 Å². The van der Waals surface area contributed by atoms with Crippen molar-refractivity contribution in [3.05, 3.63) is 29.8 Å². The van der Waals surface area contributed by atoms with Crippen molar-refractivity contribution in [1.29, 1.82) is 0 Å². The fourth-order valence-electron chi connectivity index (χ4n) is 1.76. The molecule has 0 radical (unpaired) electrons. The lowest BCUT2D eigenvalue weighted by Gasteiger charge is -2.25. The van der Waals surface area contributed by atoms with Gasteiger partial charge in [-0.25, -0.2) is 4.39 Å². The van der Waals surface area contributed by atoms with Crippen LogP contribution in [0, 0.1) is 11.6 Å². The van der Waals surface area contributed by atoms with Crippen molar-refractivity contribution in [2.75, 3.05) is 20.8 Å². The second-order valence-electron chi connectivity index (χ2n) is 4.58. The number of halogens is 2. The fourth-order valence-corrected chi connectivity index (χ4v) is 1.76. The largest absolute Gasteiger partial charge is 0.490 e. The minimum absolute atomic E-state index is 0.130. The molecule has 6 heteroatoms. The van der Waals surface area contributed by atoms with Gasteiger partial charge in [0.1, 0.15) is 5.54 Å². The Morgan fingerprint density at radius 1 is 1.40 bits per heavy atom. The SMILES string of the molecule is CNC(C)(CCCOc1cccc(F)c1F)C(=O)OC. The van der Waals surface area contributed by atoms with Gasteiger partial charge < -0.3 is 14.8 Å². The van der Waals surface area contributed by atoms with Gasteiger partial charge in [-0.1, -0.05) is 6.07 Å². The second kappa shape index (κ2) is 7.19. The molecular weight excluding hydrogens is 268 g/mol. The molecule has 0 aliphatic heterocycles. The van der Waals surface area contributed by atoms with Crippen LogP contribution in [0.3, 0.4) is 0 Å². The molecule has 112 valence electrons. The first-order chi connectivity index (χ1) is 9.44. The number of hydrogen-bond donors (Lipinski definition) is 1. The fraction of sp³-hybridized carbons (Fsp3) is 0.500. The van der Waals surface area contributed by atoms with E-state index >= 15 is 0 Å². The van der Waals surface area contributed by atoms with Crippen LogP contribution in [0.1, 0.15) is 19.8 Å². The summed E-state index contributed by atoms with van der Waals surface area (Å²) in [6.45, 7) is 1.89. The van der Waals surface area contributed by atoms with Crippen LogP contribution in [0.2, 0.25) is 0 Å². The second-order valence-corrected chi connectivity index (χ2v) is 4.58. The average molecular weight is 287 g/mol. The third-order valence-electron chi connectivity index (χ3n) is 3.18. The minimum atomic E-state index is -1.00. The van der Waals surface area contributed by atoms with Crippen LogP contribution in [0.4, 0.5) is 8.78 Å². The third kappa shape index (κ3) is 3.90. The van der Waals surface area contributed by atoms with Crippen molar-refractivity contribution in [3.63, 3.8) is 0 Å². The first-order valence-electron chi connectivity index (χ1n) is 6.28. The van der Waals surface area contributed by atoms with Gasteiger partial charge in [0.25, 0.3) is 0 Å². The lowest BCUT2D eigenvalue weighted by molar-refractivity contribution is -0.148. The smallest absolute Gasteiger partial charge is 0.325 e. The Hall–Kier alpha value is -1.69. The maximum Gasteiger partial charge on any atom is 0.325 e. The summed E-state index contributed by atoms with van der Waals surface area (Å²) in [6, 6.07) is 3.76. The minimum Gasteiger partial charge on any atom is -0.490 e. The van der Waals surface area contributed by atoms with E-state index in [0.29, 0.717) is 12.8 Å². The number of carbonyl (C=O) groups excluding carboxylic acids is 1. The topological polar surface area (TPSA) is 47.6 Å². The van der Waals surface area contributed by atoms with E-state index in [1.807, 2.05) is 0 Å². The highest BCUT2D eigenvalue weighted by Gasteiger charge is 2.31. The number of hydrogen-bond acceptors (Lipinski definition) is 4. The predicted molar refractivity (Wildman–Crippen MR) is 70.6 cm³/mol. The van der Waals surface area contributed by atoms with E-state index in [9.17, 15) is 13.6 Å². The summed E-state index contributed by atoms with van der Waals surface area (Å²) in [6.07, 6.45) is 0.940. The molecular formula is C14H19F2NO3. The molecule has 20 heavy (non-hydrogen) atoms. The number of ether oxygens (including phenoxy) is 2. The molecule has 0 bridgehead atoms. The molecule has 1 atom stereocenters. The highest BCUT2D eigenvalue weighted by molar-refractivity contribution is 5.80. The molecule has 0 amide bonds. The lowest BCUT2D eigenvalue weighted by atomic mass is 9.96. The molecule has 0 aliphatic rings. The predicted octanol–water partition coefficient (Wildman–Crippen LogP) is 2.27. The van der Waals surface area contributed by atoms with Crippen LogP contribution in [0.5, 0.6) is 5.75 Å². The number of methoxy groups -OCH3 is 1. The van der Waals surface area contributed by atoms with E-state index in [0.717, 1.165) is 6.07 Å². The van der Waals surface area contributed by atoms with Gasteiger partial charge in [-0.15, -0.1) is 0 Å². The van der Waals surface area contributed by atoms with Gasteiger partial charge in [-0.05, 0) is 38.9 Å². The van der Waals surface area contributed by atoms with Crippen molar-refractivity contribution in [3.8, 4) is 5.75 Å². The van der Waals surface area contributed by atoms with Crippen LogP contribution in [-0.4, -0.2) is 32.3 Å². The third-order valence-corrected chi connectivity index (χ3v) is 3.18. The summed E-state index contributed by atoms with van der Waals surface area (Å²) in [5.41, 5.74) is -0.821. The average Bonchev–Trinajstić information content (AvgIpc) is 2.46. The number of esters is 1. The van der Waals surface area contributed by atoms with Crippen LogP contribution < -0.4 is 10.1 Å². The van der Waals surface area contributed by atoms with Gasteiger partial charge >= 0.3 is 5.97 Å². The normalized spacial score (nSPS) is 13.7. The molecule has 1 unspecified atom stereocenters. The zero-order valence-electron chi connectivity index (χ0n) is 11.8. The van der Waals surface area contributed by atoms with Gasteiger partial charge in [-0.2, -0.15) is 4.39 Å². The maximum absolute atomic E-state index is 13.3. The summed E-state index contributed by atoms with van der Waals surface area (Å²) in [4.78, 5) is 11.6. The maximum atomic E-state index is 13.3. The number of rotatable bonds is 7. The molecule has 1 rings (SSSR count). The highest BCUT2D eigenvalue weighted by atomic mass is 19.2. The first kappa shape index (κ1) is 16.4. The van der Waals surface area contributed by atoms with E-state index in [-0.39, 0.29) is 18.3 Å². The number of carbonyl (C=O) groups is 1. The zero-order chi connectivity index (χ0) is 15.2. The first-order valence-corrected chi connectivity index (χ1v) is 6.28. The summed E-state index contributed by atoms with van der Waals surface area (Å²) >= 11 is 0. The highest BCUT2D eigenvalue weighted by Crippen LogP contribution is 2.20. The van der Waals surface area contributed by atoms with Gasteiger partial charge in [0, 0.05) is 0 Å². The van der Waals surface area contributed by atoms with Crippen molar-refractivity contribution in [2.24, 2.45) is 0 Å². The molecule has 0 aliphatic carbocycles. The van der Waals surface area contributed by atoms with E-state index in [4.69, 9.17) is 9.47 Å². The summed E-state index contributed by atoms with van der Waals surface area (Å²) in [5, 5.41) is 2.88. The molecule has 0 fully saturated rings. The number of nitrogens with one attached hydrogen (secondary N) is 1. The molecule has 0 aromatic heterocycles. The summed E-state index contributed by atoms with van der Waals surface area (Å²) in [7, 11) is 2.97. The standard InChI is InChI=1S/C14H19F2NO3/c1-14(17-2,13(18)19-3)8-5-9-20-11-7-4-6-10(15)12(11)16/h4,6-7,17H,5,8-9H2,1-3H3. The van der Waals surface area contributed by atoms with Crippen molar-refractivity contribution in [2.45, 2.75) is 25.3 Å². The van der Waals surface area contributed by atoms with E-state index in [2.05, 4.69) is 5.32 Å². The Morgan fingerprint density at radius 3 is 2.70 bits per heavy atom. The molecule has 0 saturated carbocycles. The quantitative estimate of drug-likeness (QED) is 0.617.